The van der Waals surface area contributed by atoms with E-state index in [-0.39, 0.29) is 5.91 Å². The molecule has 0 N–H and O–H groups in total. The fraction of sp³-hybridized carbons (Fsp3) is 0.261. The Kier molecular flexibility index (Phi) is 5.06. The zero-order valence-electron chi connectivity index (χ0n) is 15.9. The fourth-order valence-corrected chi connectivity index (χ4v) is 3.44. The predicted octanol–water partition coefficient (Wildman–Crippen LogP) is 4.37. The number of amides is 1. The van der Waals surface area contributed by atoms with Crippen molar-refractivity contribution in [3.05, 3.63) is 70.9 Å². The van der Waals surface area contributed by atoms with E-state index in [1.807, 2.05) is 31.2 Å². The Bertz CT molecular complexity index is 974. The molecule has 2 aliphatic heterocycles. The fourth-order valence-electron chi connectivity index (χ4n) is 3.44. The highest BCUT2D eigenvalue weighted by Crippen LogP contribution is 2.27. The summed E-state index contributed by atoms with van der Waals surface area (Å²) in [5.74, 6) is 0.763. The average molecular weight is 374 g/mol. The van der Waals surface area contributed by atoms with Crippen LogP contribution in [0.3, 0.4) is 0 Å². The number of carbonyl (C=O) groups is 2. The van der Waals surface area contributed by atoms with Gasteiger partial charge in [-0.15, -0.1) is 0 Å². The number of amidine groups is 1. The molecule has 0 aliphatic carbocycles. The van der Waals surface area contributed by atoms with Crippen molar-refractivity contribution in [2.45, 2.75) is 32.6 Å². The van der Waals surface area contributed by atoms with E-state index < -0.39 is 5.97 Å². The number of ether oxygens (including phenoxy) is 1. The molecule has 0 aromatic heterocycles. The van der Waals surface area contributed by atoms with Crippen molar-refractivity contribution in [2.75, 3.05) is 6.54 Å². The minimum absolute atomic E-state index is 0.0726. The Hall–Kier alpha value is -3.21. The van der Waals surface area contributed by atoms with Gasteiger partial charge in [0.1, 0.15) is 17.3 Å². The van der Waals surface area contributed by atoms with Crippen molar-refractivity contribution in [3.8, 4) is 5.75 Å². The van der Waals surface area contributed by atoms with E-state index in [0.717, 1.165) is 43.6 Å². The van der Waals surface area contributed by atoms with Crippen molar-refractivity contribution in [1.29, 1.82) is 0 Å². The van der Waals surface area contributed by atoms with Crippen molar-refractivity contribution < 1.29 is 14.3 Å². The van der Waals surface area contributed by atoms with Gasteiger partial charge in [-0.1, -0.05) is 42.3 Å². The molecule has 2 heterocycles. The molecule has 1 saturated heterocycles. The number of para-hydroxylation sites is 1. The summed E-state index contributed by atoms with van der Waals surface area (Å²) in [6, 6.07) is 14.4. The van der Waals surface area contributed by atoms with E-state index in [2.05, 4.69) is 4.99 Å². The lowest BCUT2D eigenvalue weighted by atomic mass is 10.1. The third-order valence-corrected chi connectivity index (χ3v) is 5.01. The van der Waals surface area contributed by atoms with Crippen LogP contribution in [0.25, 0.3) is 6.08 Å². The van der Waals surface area contributed by atoms with E-state index in [9.17, 15) is 9.59 Å². The molecule has 0 atom stereocenters. The van der Waals surface area contributed by atoms with Gasteiger partial charge in [-0.2, -0.15) is 0 Å². The lowest BCUT2D eigenvalue weighted by molar-refractivity contribution is -0.122. The number of benzene rings is 2. The van der Waals surface area contributed by atoms with Gasteiger partial charge in [0.2, 0.25) is 0 Å². The Morgan fingerprint density at radius 3 is 2.68 bits per heavy atom. The van der Waals surface area contributed by atoms with Gasteiger partial charge in [0.15, 0.2) is 0 Å². The van der Waals surface area contributed by atoms with Crippen molar-refractivity contribution >= 4 is 23.8 Å². The number of rotatable bonds is 3. The van der Waals surface area contributed by atoms with E-state index >= 15 is 0 Å². The van der Waals surface area contributed by atoms with Crippen molar-refractivity contribution in [1.82, 2.24) is 4.90 Å². The van der Waals surface area contributed by atoms with E-state index in [4.69, 9.17) is 4.74 Å². The van der Waals surface area contributed by atoms with Crippen LogP contribution in [-0.2, 0) is 4.79 Å². The first-order valence-electron chi connectivity index (χ1n) is 9.61. The number of aryl methyl sites for hydroxylation is 1. The molecule has 0 unspecified atom stereocenters. The van der Waals surface area contributed by atoms with Crippen molar-refractivity contribution in [2.24, 2.45) is 4.99 Å². The van der Waals surface area contributed by atoms with Crippen LogP contribution >= 0.6 is 0 Å². The molecule has 2 aromatic rings. The summed E-state index contributed by atoms with van der Waals surface area (Å²) in [6.07, 6.45) is 5.72. The zero-order chi connectivity index (χ0) is 19.5. The number of hydrogen-bond acceptors (Lipinski definition) is 4. The van der Waals surface area contributed by atoms with Gasteiger partial charge in [-0.05, 0) is 44.0 Å². The lowest BCUT2D eigenvalue weighted by Crippen LogP contribution is -2.31. The van der Waals surface area contributed by atoms with Gasteiger partial charge in [0.25, 0.3) is 5.91 Å². The monoisotopic (exact) mass is 374 g/mol. The van der Waals surface area contributed by atoms with Crippen LogP contribution in [0.2, 0.25) is 0 Å². The van der Waals surface area contributed by atoms with Crippen LogP contribution in [0.4, 0.5) is 0 Å². The first-order valence-corrected chi connectivity index (χ1v) is 9.61. The first-order chi connectivity index (χ1) is 13.6. The van der Waals surface area contributed by atoms with Crippen LogP contribution in [0.15, 0.2) is 59.2 Å². The van der Waals surface area contributed by atoms with Crippen LogP contribution in [-0.4, -0.2) is 29.2 Å². The summed E-state index contributed by atoms with van der Waals surface area (Å²) in [5, 5.41) is 0. The largest absolute Gasteiger partial charge is 0.422 e. The second-order valence-electron chi connectivity index (χ2n) is 7.12. The first kappa shape index (κ1) is 18.2. The molecule has 1 amide bonds. The van der Waals surface area contributed by atoms with Crippen LogP contribution in [0.1, 0.15) is 47.2 Å². The summed E-state index contributed by atoms with van der Waals surface area (Å²) in [6.45, 7) is 2.69. The third-order valence-electron chi connectivity index (χ3n) is 5.01. The molecular formula is C23H22N2O3. The number of fused-ring (bicyclic) bond motifs is 1. The Morgan fingerprint density at radius 1 is 1.07 bits per heavy atom. The Morgan fingerprint density at radius 2 is 1.86 bits per heavy atom. The molecule has 4 rings (SSSR count). The number of nitrogens with zero attached hydrogens (tertiary/aromatic N) is 2. The molecule has 5 nitrogen and oxygen atoms in total. The van der Waals surface area contributed by atoms with Gasteiger partial charge < -0.3 is 4.74 Å². The lowest BCUT2D eigenvalue weighted by Gasteiger charge is -2.14. The molecule has 142 valence electrons. The highest BCUT2D eigenvalue weighted by molar-refractivity contribution is 6.14. The maximum atomic E-state index is 12.7. The van der Waals surface area contributed by atoms with E-state index in [1.54, 1.807) is 35.2 Å². The highest BCUT2D eigenvalue weighted by atomic mass is 16.5. The average Bonchev–Trinajstić information content (AvgIpc) is 2.85. The standard InChI is InChI=1S/C23H22N2O3/c1-16-10-12-17(13-11-16)23(27)28-20-8-5-4-7-18(20)15-19-22(26)25-14-6-2-3-9-21(25)24-19/h4-5,7-8,10-13,15H,2-3,6,9,14H2,1H3/b19-15+. The van der Waals surface area contributed by atoms with Gasteiger partial charge in [0.05, 0.1) is 5.56 Å². The molecule has 1 fully saturated rings. The van der Waals surface area contributed by atoms with Gasteiger partial charge in [0, 0.05) is 18.5 Å². The quantitative estimate of drug-likeness (QED) is 0.455. The number of hydrogen-bond donors (Lipinski definition) is 0. The number of aliphatic imine (C=N–C) groups is 1. The third kappa shape index (κ3) is 3.74. The molecule has 0 spiro atoms. The molecule has 0 bridgehead atoms. The second kappa shape index (κ2) is 7.80. The molecule has 0 radical (unpaired) electrons. The van der Waals surface area contributed by atoms with E-state index in [1.165, 1.54) is 0 Å². The molecular weight excluding hydrogens is 352 g/mol. The molecule has 5 heteroatoms. The normalized spacial score (nSPS) is 17.9. The number of esters is 1. The summed E-state index contributed by atoms with van der Waals surface area (Å²) in [4.78, 5) is 31.5. The molecule has 0 saturated carbocycles. The van der Waals surface area contributed by atoms with Crippen molar-refractivity contribution in [3.63, 3.8) is 0 Å². The Balaban J connectivity index is 1.60. The van der Waals surface area contributed by atoms with Crippen LogP contribution in [0.5, 0.6) is 5.75 Å². The minimum atomic E-state index is -0.427. The smallest absolute Gasteiger partial charge is 0.343 e. The maximum Gasteiger partial charge on any atom is 0.343 e. The molecule has 2 aromatic carbocycles. The molecule has 28 heavy (non-hydrogen) atoms. The highest BCUT2D eigenvalue weighted by Gasteiger charge is 2.30. The Labute approximate surface area is 164 Å². The maximum absolute atomic E-state index is 12.7. The summed E-state index contributed by atoms with van der Waals surface area (Å²) < 4.78 is 5.60. The summed E-state index contributed by atoms with van der Waals surface area (Å²) in [5.41, 5.74) is 2.62. The number of carbonyl (C=O) groups excluding carboxylic acids is 2. The van der Waals surface area contributed by atoms with Crippen LogP contribution in [0, 0.1) is 6.92 Å². The van der Waals surface area contributed by atoms with Crippen LogP contribution < -0.4 is 4.74 Å². The second-order valence-corrected chi connectivity index (χ2v) is 7.12. The summed E-state index contributed by atoms with van der Waals surface area (Å²) >= 11 is 0. The summed E-state index contributed by atoms with van der Waals surface area (Å²) in [7, 11) is 0. The predicted molar refractivity (Wildman–Crippen MR) is 108 cm³/mol. The minimum Gasteiger partial charge on any atom is -0.422 e. The van der Waals surface area contributed by atoms with Gasteiger partial charge in [-0.25, -0.2) is 9.79 Å². The van der Waals surface area contributed by atoms with E-state index in [0.29, 0.717) is 22.6 Å². The van der Waals surface area contributed by atoms with Gasteiger partial charge in [-0.3, -0.25) is 9.69 Å². The zero-order valence-corrected chi connectivity index (χ0v) is 15.9. The SMILES string of the molecule is Cc1ccc(C(=O)Oc2ccccc2/C=C2/N=C3CCCCCN3C2=O)cc1. The topological polar surface area (TPSA) is 59.0 Å². The van der Waals surface area contributed by atoms with Gasteiger partial charge >= 0.3 is 5.97 Å². The molecule has 2 aliphatic rings.